The molecule has 0 spiro atoms. The molecular formula is C24H25NO2. The number of methoxy groups -OCH3 is 1. The minimum atomic E-state index is -0.187. The molecule has 0 saturated carbocycles. The summed E-state index contributed by atoms with van der Waals surface area (Å²) in [5.74, 6) is 0.696. The summed E-state index contributed by atoms with van der Waals surface area (Å²) in [4.78, 5) is 12.8. The molecule has 0 aliphatic carbocycles. The molecule has 0 radical (unpaired) electrons. The molecule has 0 fully saturated rings. The van der Waals surface area contributed by atoms with Gasteiger partial charge in [-0.25, -0.2) is 0 Å². The highest BCUT2D eigenvalue weighted by Crippen LogP contribution is 2.25. The van der Waals surface area contributed by atoms with E-state index < -0.39 is 0 Å². The van der Waals surface area contributed by atoms with Crippen molar-refractivity contribution in [3.8, 4) is 5.75 Å². The van der Waals surface area contributed by atoms with E-state index in [-0.39, 0.29) is 18.4 Å². The number of hydrogen-bond acceptors (Lipinski definition) is 2. The zero-order chi connectivity index (χ0) is 19.2. The van der Waals surface area contributed by atoms with Crippen LogP contribution in [0.15, 0.2) is 72.8 Å². The van der Waals surface area contributed by atoms with E-state index in [1.165, 1.54) is 11.1 Å². The number of aryl methyl sites for hydroxylation is 2. The number of para-hydroxylation sites is 1. The van der Waals surface area contributed by atoms with Gasteiger partial charge in [0.2, 0.25) is 5.91 Å². The standard InChI is InChI=1S/C24H25NO2/c1-17-13-14-21(15-18(17)2)24(19-9-5-4-6-10-19)25-23(26)16-20-11-7-8-12-22(20)27-3/h4-15,24H,16H2,1-3H3,(H,25,26). The van der Waals surface area contributed by atoms with Crippen molar-refractivity contribution in [2.45, 2.75) is 26.3 Å². The van der Waals surface area contributed by atoms with Crippen molar-refractivity contribution in [1.82, 2.24) is 5.32 Å². The predicted octanol–water partition coefficient (Wildman–Crippen LogP) is 4.76. The van der Waals surface area contributed by atoms with Crippen LogP contribution in [0.2, 0.25) is 0 Å². The molecule has 138 valence electrons. The third-order valence-corrected chi connectivity index (χ3v) is 4.85. The van der Waals surface area contributed by atoms with Gasteiger partial charge in [0.25, 0.3) is 0 Å². The number of benzene rings is 3. The molecule has 27 heavy (non-hydrogen) atoms. The average molecular weight is 359 g/mol. The van der Waals surface area contributed by atoms with Gasteiger partial charge >= 0.3 is 0 Å². The minimum absolute atomic E-state index is 0.0356. The lowest BCUT2D eigenvalue weighted by atomic mass is 9.95. The number of nitrogens with one attached hydrogen (secondary N) is 1. The Labute approximate surface area is 161 Å². The Balaban J connectivity index is 1.87. The van der Waals surface area contributed by atoms with E-state index in [0.717, 1.165) is 22.4 Å². The molecule has 0 heterocycles. The van der Waals surface area contributed by atoms with Crippen molar-refractivity contribution in [2.24, 2.45) is 0 Å². The first-order valence-corrected chi connectivity index (χ1v) is 9.12. The molecule has 3 rings (SSSR count). The molecular weight excluding hydrogens is 334 g/mol. The number of ether oxygens (including phenoxy) is 1. The maximum atomic E-state index is 12.8. The molecule has 3 aromatic rings. The van der Waals surface area contributed by atoms with Crippen molar-refractivity contribution < 1.29 is 9.53 Å². The Morgan fingerprint density at radius 3 is 2.30 bits per heavy atom. The molecule has 0 bridgehead atoms. The van der Waals surface area contributed by atoms with Crippen molar-refractivity contribution in [1.29, 1.82) is 0 Å². The summed E-state index contributed by atoms with van der Waals surface area (Å²) in [6.45, 7) is 4.19. The van der Waals surface area contributed by atoms with Gasteiger partial charge in [0, 0.05) is 5.56 Å². The van der Waals surface area contributed by atoms with Crippen LogP contribution in [-0.4, -0.2) is 13.0 Å². The minimum Gasteiger partial charge on any atom is -0.496 e. The summed E-state index contributed by atoms with van der Waals surface area (Å²) in [6, 6.07) is 23.8. The van der Waals surface area contributed by atoms with E-state index in [4.69, 9.17) is 4.74 Å². The Morgan fingerprint density at radius 2 is 1.59 bits per heavy atom. The first-order chi connectivity index (χ1) is 13.1. The fourth-order valence-electron chi connectivity index (χ4n) is 3.18. The molecule has 1 unspecified atom stereocenters. The quantitative estimate of drug-likeness (QED) is 0.689. The van der Waals surface area contributed by atoms with Crippen LogP contribution >= 0.6 is 0 Å². The summed E-state index contributed by atoms with van der Waals surface area (Å²) in [6.07, 6.45) is 0.276. The maximum Gasteiger partial charge on any atom is 0.225 e. The zero-order valence-electron chi connectivity index (χ0n) is 16.0. The number of carbonyl (C=O) groups excluding carboxylic acids is 1. The van der Waals surface area contributed by atoms with Crippen LogP contribution < -0.4 is 10.1 Å². The van der Waals surface area contributed by atoms with Gasteiger partial charge in [-0.1, -0.05) is 66.7 Å². The van der Waals surface area contributed by atoms with E-state index >= 15 is 0 Å². The maximum absolute atomic E-state index is 12.8. The first kappa shape index (κ1) is 18.7. The fourth-order valence-corrected chi connectivity index (χ4v) is 3.18. The molecule has 1 atom stereocenters. The van der Waals surface area contributed by atoms with Crippen LogP contribution in [0.3, 0.4) is 0 Å². The van der Waals surface area contributed by atoms with Crippen LogP contribution in [0, 0.1) is 13.8 Å². The van der Waals surface area contributed by atoms with Crippen LogP contribution in [-0.2, 0) is 11.2 Å². The third kappa shape index (κ3) is 4.56. The topological polar surface area (TPSA) is 38.3 Å². The second-order valence-electron chi connectivity index (χ2n) is 6.74. The highest BCUT2D eigenvalue weighted by atomic mass is 16.5. The van der Waals surface area contributed by atoms with Gasteiger partial charge < -0.3 is 10.1 Å². The fraction of sp³-hybridized carbons (Fsp3) is 0.208. The second kappa shape index (κ2) is 8.54. The Morgan fingerprint density at radius 1 is 0.889 bits per heavy atom. The van der Waals surface area contributed by atoms with Gasteiger partial charge in [0.15, 0.2) is 0 Å². The van der Waals surface area contributed by atoms with Crippen LogP contribution in [0.1, 0.15) is 33.9 Å². The SMILES string of the molecule is COc1ccccc1CC(=O)NC(c1ccccc1)c1ccc(C)c(C)c1. The summed E-state index contributed by atoms with van der Waals surface area (Å²) in [5, 5.41) is 3.20. The highest BCUT2D eigenvalue weighted by molar-refractivity contribution is 5.80. The van der Waals surface area contributed by atoms with Gasteiger partial charge in [0.1, 0.15) is 5.75 Å². The third-order valence-electron chi connectivity index (χ3n) is 4.85. The van der Waals surface area contributed by atoms with Gasteiger partial charge in [-0.2, -0.15) is 0 Å². The second-order valence-corrected chi connectivity index (χ2v) is 6.74. The van der Waals surface area contributed by atoms with Gasteiger partial charge in [-0.05, 0) is 42.2 Å². The van der Waals surface area contributed by atoms with Crippen LogP contribution in [0.5, 0.6) is 5.75 Å². The summed E-state index contributed by atoms with van der Waals surface area (Å²) < 4.78 is 5.37. The molecule has 0 saturated heterocycles. The number of rotatable bonds is 6. The molecule has 3 heteroatoms. The van der Waals surface area contributed by atoms with E-state index in [1.807, 2.05) is 54.6 Å². The molecule has 1 N–H and O–H groups in total. The smallest absolute Gasteiger partial charge is 0.225 e. The normalized spacial score (nSPS) is 11.7. The predicted molar refractivity (Wildman–Crippen MR) is 109 cm³/mol. The molecule has 3 nitrogen and oxygen atoms in total. The van der Waals surface area contributed by atoms with Crippen LogP contribution in [0.25, 0.3) is 0 Å². The summed E-state index contributed by atoms with van der Waals surface area (Å²) in [7, 11) is 1.62. The molecule has 1 amide bonds. The molecule has 0 aliphatic heterocycles. The highest BCUT2D eigenvalue weighted by Gasteiger charge is 2.18. The number of amides is 1. The Bertz CT molecular complexity index is 919. The lowest BCUT2D eigenvalue weighted by Crippen LogP contribution is -2.30. The number of hydrogen-bond donors (Lipinski definition) is 1. The van der Waals surface area contributed by atoms with Crippen molar-refractivity contribution in [2.75, 3.05) is 7.11 Å². The monoisotopic (exact) mass is 359 g/mol. The summed E-state index contributed by atoms with van der Waals surface area (Å²) >= 11 is 0. The van der Waals surface area contributed by atoms with Crippen molar-refractivity contribution in [3.63, 3.8) is 0 Å². The van der Waals surface area contributed by atoms with E-state index in [9.17, 15) is 4.79 Å². The lowest BCUT2D eigenvalue weighted by Gasteiger charge is -2.21. The lowest BCUT2D eigenvalue weighted by molar-refractivity contribution is -0.121. The Kier molecular flexibility index (Phi) is 5.92. The molecule has 0 aromatic heterocycles. The van der Waals surface area contributed by atoms with Gasteiger partial charge in [-0.3, -0.25) is 4.79 Å². The molecule has 3 aromatic carbocycles. The molecule has 0 aliphatic rings. The van der Waals surface area contributed by atoms with Crippen molar-refractivity contribution in [3.05, 3.63) is 101 Å². The first-order valence-electron chi connectivity index (χ1n) is 9.12. The van der Waals surface area contributed by atoms with Gasteiger partial charge in [-0.15, -0.1) is 0 Å². The van der Waals surface area contributed by atoms with E-state index in [0.29, 0.717) is 0 Å². The van der Waals surface area contributed by atoms with Crippen LogP contribution in [0.4, 0.5) is 0 Å². The number of carbonyl (C=O) groups is 1. The van der Waals surface area contributed by atoms with Gasteiger partial charge in [0.05, 0.1) is 19.6 Å². The summed E-state index contributed by atoms with van der Waals surface area (Å²) in [5.41, 5.74) is 5.48. The average Bonchev–Trinajstić information content (AvgIpc) is 2.69. The zero-order valence-corrected chi connectivity index (χ0v) is 16.0. The van der Waals surface area contributed by atoms with Crippen molar-refractivity contribution >= 4 is 5.91 Å². The largest absolute Gasteiger partial charge is 0.496 e. The van der Waals surface area contributed by atoms with E-state index in [2.05, 4.69) is 37.4 Å². The van der Waals surface area contributed by atoms with E-state index in [1.54, 1.807) is 7.11 Å². The Hall–Kier alpha value is -3.07.